The van der Waals surface area contributed by atoms with E-state index in [9.17, 15) is 13.2 Å². The van der Waals surface area contributed by atoms with Gasteiger partial charge in [0.05, 0.1) is 4.90 Å². The van der Waals surface area contributed by atoms with Gasteiger partial charge in [-0.3, -0.25) is 4.79 Å². The number of hydrogen-bond acceptors (Lipinski definition) is 4. The fourth-order valence-electron chi connectivity index (χ4n) is 3.47. The lowest BCUT2D eigenvalue weighted by Gasteiger charge is -2.19. The second-order valence-corrected chi connectivity index (χ2v) is 8.22. The summed E-state index contributed by atoms with van der Waals surface area (Å²) in [6, 6.07) is 5.17. The normalized spacial score (nSPS) is 21.7. The minimum atomic E-state index is -3.49. The van der Waals surface area contributed by atoms with Crippen molar-refractivity contribution in [2.75, 3.05) is 38.1 Å². The molecule has 1 saturated heterocycles. The number of nitrogens with zero attached hydrogens (tertiary/aromatic N) is 2. The van der Waals surface area contributed by atoms with E-state index < -0.39 is 10.0 Å². The Morgan fingerprint density at radius 3 is 2.83 bits per heavy atom. The Morgan fingerprint density at radius 1 is 1.35 bits per heavy atom. The van der Waals surface area contributed by atoms with Gasteiger partial charge in [0.2, 0.25) is 15.9 Å². The Balaban J connectivity index is 1.87. The van der Waals surface area contributed by atoms with Gasteiger partial charge >= 0.3 is 0 Å². The van der Waals surface area contributed by atoms with Crippen molar-refractivity contribution in [3.8, 4) is 0 Å². The second kappa shape index (κ2) is 6.22. The lowest BCUT2D eigenvalue weighted by atomic mass is 10.1. The molecule has 1 aromatic rings. The maximum Gasteiger partial charge on any atom is 0.243 e. The Hall–Kier alpha value is -1.44. The third-order valence-electron chi connectivity index (χ3n) is 4.71. The molecule has 3 rings (SSSR count). The molecule has 1 aromatic carbocycles. The van der Waals surface area contributed by atoms with E-state index in [0.717, 1.165) is 30.6 Å². The van der Waals surface area contributed by atoms with Gasteiger partial charge in [0, 0.05) is 32.2 Å². The van der Waals surface area contributed by atoms with E-state index in [1.54, 1.807) is 21.3 Å². The summed E-state index contributed by atoms with van der Waals surface area (Å²) >= 11 is 0. The maximum atomic E-state index is 12.9. The van der Waals surface area contributed by atoms with E-state index in [1.165, 1.54) is 6.92 Å². The summed E-state index contributed by atoms with van der Waals surface area (Å²) in [5, 5.41) is 3.11. The quantitative estimate of drug-likeness (QED) is 0.883. The Bertz CT molecular complexity index is 717. The smallest absolute Gasteiger partial charge is 0.243 e. The zero-order valence-electron chi connectivity index (χ0n) is 13.6. The number of hydrogen-bond donors (Lipinski definition) is 1. The topological polar surface area (TPSA) is 69.7 Å². The molecule has 0 radical (unpaired) electrons. The van der Waals surface area contributed by atoms with Gasteiger partial charge in [0.25, 0.3) is 0 Å². The zero-order chi connectivity index (χ0) is 16.6. The first-order chi connectivity index (χ1) is 10.9. The SMILES string of the molecule is CNCC1CCN(S(=O)(=O)c2ccc3c(c2)N(C(C)=O)CC3)C1. The van der Waals surface area contributed by atoms with Crippen LogP contribution in [0.4, 0.5) is 5.69 Å². The van der Waals surface area contributed by atoms with Gasteiger partial charge in [-0.15, -0.1) is 0 Å². The van der Waals surface area contributed by atoms with Crippen LogP contribution < -0.4 is 10.2 Å². The number of rotatable bonds is 4. The number of amides is 1. The highest BCUT2D eigenvalue weighted by Crippen LogP contribution is 2.32. The molecular weight excluding hydrogens is 314 g/mol. The van der Waals surface area contributed by atoms with Crippen molar-refractivity contribution in [2.24, 2.45) is 5.92 Å². The zero-order valence-corrected chi connectivity index (χ0v) is 14.4. The van der Waals surface area contributed by atoms with Crippen LogP contribution in [-0.4, -0.2) is 51.9 Å². The largest absolute Gasteiger partial charge is 0.319 e. The fraction of sp³-hybridized carbons (Fsp3) is 0.562. The number of benzene rings is 1. The molecule has 6 nitrogen and oxygen atoms in total. The average molecular weight is 337 g/mol. The highest BCUT2D eigenvalue weighted by Gasteiger charge is 2.33. The number of carbonyl (C=O) groups excluding carboxylic acids is 1. The highest BCUT2D eigenvalue weighted by atomic mass is 32.2. The lowest BCUT2D eigenvalue weighted by molar-refractivity contribution is -0.116. The molecule has 2 heterocycles. The van der Waals surface area contributed by atoms with Crippen molar-refractivity contribution >= 4 is 21.6 Å². The predicted octanol–water partition coefficient (Wildman–Crippen LogP) is 0.826. The van der Waals surface area contributed by atoms with Gasteiger partial charge in [-0.05, 0) is 50.0 Å². The van der Waals surface area contributed by atoms with E-state index in [0.29, 0.717) is 25.6 Å². The predicted molar refractivity (Wildman–Crippen MR) is 89.0 cm³/mol. The van der Waals surface area contributed by atoms with Gasteiger partial charge < -0.3 is 10.2 Å². The first-order valence-corrected chi connectivity index (χ1v) is 9.43. The number of nitrogens with one attached hydrogen (secondary N) is 1. The molecule has 23 heavy (non-hydrogen) atoms. The van der Waals surface area contributed by atoms with Crippen LogP contribution in [0.25, 0.3) is 0 Å². The van der Waals surface area contributed by atoms with Crippen LogP contribution >= 0.6 is 0 Å². The van der Waals surface area contributed by atoms with Crippen LogP contribution in [0.15, 0.2) is 23.1 Å². The summed E-state index contributed by atoms with van der Waals surface area (Å²) < 4.78 is 27.3. The summed E-state index contributed by atoms with van der Waals surface area (Å²) in [7, 11) is -1.61. The standard InChI is InChI=1S/C16H23N3O3S/c1-12(20)19-8-6-14-3-4-15(9-16(14)19)23(21,22)18-7-5-13(11-18)10-17-2/h3-4,9,13,17H,5-8,10-11H2,1-2H3. The summed E-state index contributed by atoms with van der Waals surface area (Å²) in [5.41, 5.74) is 1.78. The average Bonchev–Trinajstić information content (AvgIpc) is 3.13. The molecule has 1 N–H and O–H groups in total. The van der Waals surface area contributed by atoms with Gasteiger partial charge in [-0.1, -0.05) is 6.07 Å². The van der Waals surface area contributed by atoms with Crippen molar-refractivity contribution in [3.63, 3.8) is 0 Å². The minimum absolute atomic E-state index is 0.0476. The fourth-order valence-corrected chi connectivity index (χ4v) is 5.02. The molecule has 7 heteroatoms. The number of carbonyl (C=O) groups is 1. The Labute approximate surface area is 137 Å². The molecule has 0 aromatic heterocycles. The van der Waals surface area contributed by atoms with Gasteiger partial charge in [0.1, 0.15) is 0 Å². The van der Waals surface area contributed by atoms with Gasteiger partial charge in [0.15, 0.2) is 0 Å². The molecule has 0 bridgehead atoms. The van der Waals surface area contributed by atoms with E-state index >= 15 is 0 Å². The van der Waals surface area contributed by atoms with Crippen LogP contribution in [0.2, 0.25) is 0 Å². The van der Waals surface area contributed by atoms with E-state index in [4.69, 9.17) is 0 Å². The minimum Gasteiger partial charge on any atom is -0.319 e. The third-order valence-corrected chi connectivity index (χ3v) is 6.57. The molecule has 1 fully saturated rings. The summed E-state index contributed by atoms with van der Waals surface area (Å²) in [5.74, 6) is 0.312. The maximum absolute atomic E-state index is 12.9. The van der Waals surface area contributed by atoms with Crippen LogP contribution in [0.5, 0.6) is 0 Å². The van der Waals surface area contributed by atoms with E-state index in [2.05, 4.69) is 5.32 Å². The first kappa shape index (κ1) is 16.4. The molecule has 0 aliphatic carbocycles. The molecule has 1 amide bonds. The molecular formula is C16H23N3O3S. The molecule has 0 saturated carbocycles. The van der Waals surface area contributed by atoms with Crippen molar-refractivity contribution < 1.29 is 13.2 Å². The Kier molecular flexibility index (Phi) is 4.44. The van der Waals surface area contributed by atoms with E-state index in [-0.39, 0.29) is 10.8 Å². The summed E-state index contributed by atoms with van der Waals surface area (Å²) in [6.45, 7) is 4.08. The van der Waals surface area contributed by atoms with Crippen LogP contribution in [-0.2, 0) is 21.2 Å². The van der Waals surface area contributed by atoms with Crippen LogP contribution in [0.3, 0.4) is 0 Å². The third kappa shape index (κ3) is 3.00. The van der Waals surface area contributed by atoms with Crippen molar-refractivity contribution in [1.82, 2.24) is 9.62 Å². The van der Waals surface area contributed by atoms with E-state index in [1.807, 2.05) is 13.1 Å². The first-order valence-electron chi connectivity index (χ1n) is 7.99. The van der Waals surface area contributed by atoms with Crippen molar-refractivity contribution in [2.45, 2.75) is 24.7 Å². The lowest BCUT2D eigenvalue weighted by Crippen LogP contribution is -2.31. The molecule has 126 valence electrons. The number of sulfonamides is 1. The molecule has 2 aliphatic rings. The summed E-state index contributed by atoms with van der Waals surface area (Å²) in [6.07, 6.45) is 1.66. The molecule has 1 atom stereocenters. The van der Waals surface area contributed by atoms with Gasteiger partial charge in [-0.2, -0.15) is 4.31 Å². The Morgan fingerprint density at radius 2 is 2.13 bits per heavy atom. The van der Waals surface area contributed by atoms with Crippen molar-refractivity contribution in [3.05, 3.63) is 23.8 Å². The number of fused-ring (bicyclic) bond motifs is 1. The van der Waals surface area contributed by atoms with Crippen LogP contribution in [0.1, 0.15) is 18.9 Å². The molecule has 2 aliphatic heterocycles. The van der Waals surface area contributed by atoms with Gasteiger partial charge in [-0.25, -0.2) is 8.42 Å². The van der Waals surface area contributed by atoms with Crippen LogP contribution in [0, 0.1) is 5.92 Å². The van der Waals surface area contributed by atoms with Crippen molar-refractivity contribution in [1.29, 1.82) is 0 Å². The monoisotopic (exact) mass is 337 g/mol. The number of anilines is 1. The molecule has 1 unspecified atom stereocenters. The summed E-state index contributed by atoms with van der Waals surface area (Å²) in [4.78, 5) is 13.6. The molecule has 0 spiro atoms. The second-order valence-electron chi connectivity index (χ2n) is 6.29. The highest BCUT2D eigenvalue weighted by molar-refractivity contribution is 7.89.